The topological polar surface area (TPSA) is 105 Å². The Bertz CT molecular complexity index is 1160. The molecule has 11 heteroatoms. The minimum absolute atomic E-state index is 0.000217. The molecule has 0 saturated heterocycles. The molecule has 9 nitrogen and oxygen atoms in total. The van der Waals surface area contributed by atoms with Crippen molar-refractivity contribution in [3.63, 3.8) is 0 Å². The molecule has 2 amide bonds. The zero-order valence-electron chi connectivity index (χ0n) is 20.0. The van der Waals surface area contributed by atoms with Crippen molar-refractivity contribution >= 4 is 27.5 Å². The van der Waals surface area contributed by atoms with E-state index in [1.807, 2.05) is 6.92 Å². The Morgan fingerprint density at radius 3 is 2.46 bits per heavy atom. The van der Waals surface area contributed by atoms with Crippen molar-refractivity contribution in [3.8, 4) is 11.5 Å². The minimum atomic E-state index is -3.87. The van der Waals surface area contributed by atoms with Crippen molar-refractivity contribution in [2.45, 2.75) is 39.3 Å². The average molecular weight is 508 g/mol. The van der Waals surface area contributed by atoms with Gasteiger partial charge in [-0.3, -0.25) is 13.9 Å². The van der Waals surface area contributed by atoms with Crippen LogP contribution in [0.4, 0.5) is 10.1 Å². The van der Waals surface area contributed by atoms with Crippen molar-refractivity contribution in [2.75, 3.05) is 30.4 Å². The van der Waals surface area contributed by atoms with Crippen molar-refractivity contribution in [1.29, 1.82) is 0 Å². The molecule has 1 aliphatic rings. The first-order valence-electron chi connectivity index (χ1n) is 11.3. The first-order chi connectivity index (χ1) is 16.6. The lowest BCUT2D eigenvalue weighted by molar-refractivity contribution is -0.139. The van der Waals surface area contributed by atoms with Gasteiger partial charge in [0.25, 0.3) is 0 Å². The van der Waals surface area contributed by atoms with Gasteiger partial charge in [0.2, 0.25) is 28.6 Å². The number of halogens is 1. The number of carbonyl (C=O) groups excluding carboxylic acids is 2. The van der Waals surface area contributed by atoms with Crippen LogP contribution >= 0.6 is 0 Å². The van der Waals surface area contributed by atoms with E-state index in [0.717, 1.165) is 23.4 Å². The van der Waals surface area contributed by atoms with E-state index in [4.69, 9.17) is 9.47 Å². The van der Waals surface area contributed by atoms with Crippen molar-refractivity contribution in [2.24, 2.45) is 0 Å². The van der Waals surface area contributed by atoms with Gasteiger partial charge in [-0.25, -0.2) is 12.8 Å². The largest absolute Gasteiger partial charge is 0.454 e. The highest BCUT2D eigenvalue weighted by molar-refractivity contribution is 7.92. The molecule has 0 aromatic heterocycles. The maximum absolute atomic E-state index is 13.5. The Morgan fingerprint density at radius 2 is 1.80 bits per heavy atom. The summed E-state index contributed by atoms with van der Waals surface area (Å²) in [5.41, 5.74) is 0.828. The van der Waals surface area contributed by atoms with Gasteiger partial charge < -0.3 is 19.7 Å². The van der Waals surface area contributed by atoms with Crippen LogP contribution in [0.15, 0.2) is 42.5 Å². The van der Waals surface area contributed by atoms with E-state index in [1.54, 1.807) is 13.0 Å². The molecule has 0 saturated carbocycles. The number of ether oxygens (including phenoxy) is 2. The Morgan fingerprint density at radius 1 is 1.11 bits per heavy atom. The number of rotatable bonds is 11. The summed E-state index contributed by atoms with van der Waals surface area (Å²) in [7, 11) is -3.87. The van der Waals surface area contributed by atoms with E-state index < -0.39 is 34.3 Å². The number of hydrogen-bond acceptors (Lipinski definition) is 6. The van der Waals surface area contributed by atoms with E-state index in [1.165, 1.54) is 41.3 Å². The quantitative estimate of drug-likeness (QED) is 0.469. The third kappa shape index (κ3) is 6.84. The van der Waals surface area contributed by atoms with Crippen LogP contribution in [-0.2, 0) is 26.2 Å². The fraction of sp³-hybridized carbons (Fsp3) is 0.417. The highest BCUT2D eigenvalue weighted by atomic mass is 32.2. The molecule has 0 aliphatic carbocycles. The lowest BCUT2D eigenvalue weighted by atomic mass is 10.1. The number of nitrogens with zero attached hydrogens (tertiary/aromatic N) is 2. The molecule has 2 aromatic rings. The summed E-state index contributed by atoms with van der Waals surface area (Å²) in [5, 5.41) is 2.80. The number of anilines is 1. The summed E-state index contributed by atoms with van der Waals surface area (Å²) in [4.78, 5) is 27.5. The molecule has 1 N–H and O–H groups in total. The molecule has 1 heterocycles. The summed E-state index contributed by atoms with van der Waals surface area (Å²) >= 11 is 0. The molecule has 3 rings (SSSR count). The number of benzene rings is 2. The van der Waals surface area contributed by atoms with Crippen LogP contribution in [0.2, 0.25) is 0 Å². The Balaban J connectivity index is 1.87. The maximum atomic E-state index is 13.5. The zero-order valence-corrected chi connectivity index (χ0v) is 20.8. The van der Waals surface area contributed by atoms with Gasteiger partial charge in [-0.2, -0.15) is 0 Å². The molecular weight excluding hydrogens is 477 g/mol. The molecule has 0 radical (unpaired) electrons. The van der Waals surface area contributed by atoms with Crippen LogP contribution in [0.25, 0.3) is 0 Å². The standard InChI is InChI=1S/C24H30FN3O6S/c1-4-5-12-26-24(30)17(2)27(14-18-6-8-19(25)9-7-18)23(29)15-28(35(3,31)32)20-10-11-21-22(13-20)34-16-33-21/h6-11,13,17H,4-5,12,14-16H2,1-3H3,(H,26,30)/t17-/m0/s1. The normalized spacial score (nSPS) is 13.3. The van der Waals surface area contributed by atoms with Crippen LogP contribution in [0.5, 0.6) is 11.5 Å². The summed E-state index contributed by atoms with van der Waals surface area (Å²) in [6.07, 6.45) is 2.68. The first-order valence-corrected chi connectivity index (χ1v) is 13.1. The predicted octanol–water partition coefficient (Wildman–Crippen LogP) is 2.65. The van der Waals surface area contributed by atoms with Crippen molar-refractivity contribution in [3.05, 3.63) is 53.8 Å². The van der Waals surface area contributed by atoms with Gasteiger partial charge in [0.1, 0.15) is 18.4 Å². The lowest BCUT2D eigenvalue weighted by Gasteiger charge is -2.31. The molecule has 190 valence electrons. The number of hydrogen-bond donors (Lipinski definition) is 1. The van der Waals surface area contributed by atoms with Crippen LogP contribution < -0.4 is 19.1 Å². The molecule has 0 fully saturated rings. The van der Waals surface area contributed by atoms with Crippen molar-refractivity contribution < 1.29 is 31.9 Å². The SMILES string of the molecule is CCCCNC(=O)[C@H](C)N(Cc1ccc(F)cc1)C(=O)CN(c1ccc2c(c1)OCO2)S(C)(=O)=O. The summed E-state index contributed by atoms with van der Waals surface area (Å²) in [6.45, 7) is 3.52. The molecule has 35 heavy (non-hydrogen) atoms. The Kier molecular flexibility index (Phi) is 8.55. The molecule has 1 atom stereocenters. The van der Waals surface area contributed by atoms with E-state index >= 15 is 0 Å². The second kappa shape index (κ2) is 11.4. The average Bonchev–Trinajstić information content (AvgIpc) is 3.29. The third-order valence-electron chi connectivity index (χ3n) is 5.59. The Labute approximate surface area is 204 Å². The summed E-state index contributed by atoms with van der Waals surface area (Å²) in [5.74, 6) is -0.527. The van der Waals surface area contributed by atoms with E-state index in [2.05, 4.69) is 5.32 Å². The predicted molar refractivity (Wildman–Crippen MR) is 129 cm³/mol. The Hall–Kier alpha value is -3.34. The molecule has 1 aliphatic heterocycles. The molecule has 0 unspecified atom stereocenters. The number of amides is 2. The van der Waals surface area contributed by atoms with Crippen LogP contribution in [0, 0.1) is 5.82 Å². The van der Waals surface area contributed by atoms with Crippen LogP contribution in [-0.4, -0.2) is 57.3 Å². The monoisotopic (exact) mass is 507 g/mol. The van der Waals surface area contributed by atoms with Gasteiger partial charge in [-0.1, -0.05) is 25.5 Å². The van der Waals surface area contributed by atoms with Gasteiger partial charge in [-0.05, 0) is 43.2 Å². The lowest BCUT2D eigenvalue weighted by Crippen LogP contribution is -2.51. The molecule has 2 aromatic carbocycles. The number of fused-ring (bicyclic) bond motifs is 1. The van der Waals surface area contributed by atoms with E-state index in [0.29, 0.717) is 23.6 Å². The minimum Gasteiger partial charge on any atom is -0.454 e. The highest BCUT2D eigenvalue weighted by Crippen LogP contribution is 2.36. The first kappa shape index (κ1) is 26.3. The maximum Gasteiger partial charge on any atom is 0.244 e. The summed E-state index contributed by atoms with van der Waals surface area (Å²) in [6, 6.07) is 9.25. The van der Waals surface area contributed by atoms with Gasteiger partial charge in [0.05, 0.1) is 11.9 Å². The second-order valence-electron chi connectivity index (χ2n) is 8.28. The van der Waals surface area contributed by atoms with E-state index in [-0.39, 0.29) is 24.9 Å². The molecule has 0 bridgehead atoms. The zero-order chi connectivity index (χ0) is 25.6. The van der Waals surface area contributed by atoms with Crippen LogP contribution in [0.1, 0.15) is 32.3 Å². The molecular formula is C24H30FN3O6S. The van der Waals surface area contributed by atoms with Gasteiger partial charge in [-0.15, -0.1) is 0 Å². The van der Waals surface area contributed by atoms with Crippen molar-refractivity contribution in [1.82, 2.24) is 10.2 Å². The fourth-order valence-electron chi connectivity index (χ4n) is 3.56. The van der Waals surface area contributed by atoms with Gasteiger partial charge in [0, 0.05) is 19.2 Å². The van der Waals surface area contributed by atoms with Gasteiger partial charge in [0.15, 0.2) is 11.5 Å². The molecule has 0 spiro atoms. The third-order valence-corrected chi connectivity index (χ3v) is 6.73. The number of carbonyl (C=O) groups is 2. The fourth-order valence-corrected chi connectivity index (χ4v) is 4.40. The van der Waals surface area contributed by atoms with Crippen LogP contribution in [0.3, 0.4) is 0 Å². The van der Waals surface area contributed by atoms with E-state index in [9.17, 15) is 22.4 Å². The number of unbranched alkanes of at least 4 members (excludes halogenated alkanes) is 1. The highest BCUT2D eigenvalue weighted by Gasteiger charge is 2.30. The second-order valence-corrected chi connectivity index (χ2v) is 10.2. The smallest absolute Gasteiger partial charge is 0.244 e. The van der Waals surface area contributed by atoms with Gasteiger partial charge >= 0.3 is 0 Å². The number of sulfonamides is 1. The number of nitrogens with one attached hydrogen (secondary N) is 1. The summed E-state index contributed by atoms with van der Waals surface area (Å²) < 4.78 is 50.2.